The number of carbonyl (C=O) groups excluding carboxylic acids is 3. The summed E-state index contributed by atoms with van der Waals surface area (Å²) in [6.45, 7) is 12.4. The number of hydrogen-bond acceptors (Lipinski definition) is 5. The number of aliphatic hydroxyl groups is 1. The van der Waals surface area contributed by atoms with Gasteiger partial charge in [0.05, 0.1) is 11.9 Å². The molecule has 44 heavy (non-hydrogen) atoms. The first-order valence-corrected chi connectivity index (χ1v) is 15.9. The molecular formula is C35H44N4O4S. The molecule has 0 spiro atoms. The molecule has 0 radical (unpaired) electrons. The number of thioether (sulfide) groups is 1. The normalized spacial score (nSPS) is 17.4. The molecule has 0 aliphatic carbocycles. The summed E-state index contributed by atoms with van der Waals surface area (Å²) in [7, 11) is 0. The Morgan fingerprint density at radius 2 is 1.61 bits per heavy atom. The SMILES string of the molecule is Cc1ccccc1CNC(=O)[C@H]1N(C(=O)[C@@H](O)[C@H](Cc2ccccc2)NC(=O)Nc2ccccc2C(C)(C)C)CSC1(C)C. The van der Waals surface area contributed by atoms with Crippen LogP contribution in [0.4, 0.5) is 10.5 Å². The van der Waals surface area contributed by atoms with Crippen LogP contribution in [0.15, 0.2) is 78.9 Å². The van der Waals surface area contributed by atoms with Crippen LogP contribution in [0.2, 0.25) is 0 Å². The van der Waals surface area contributed by atoms with E-state index in [1.165, 1.54) is 16.7 Å². The number of hydrogen-bond donors (Lipinski definition) is 4. The first kappa shape index (κ1) is 33.1. The van der Waals surface area contributed by atoms with Crippen LogP contribution in [-0.4, -0.2) is 56.7 Å². The quantitative estimate of drug-likeness (QED) is 0.258. The fourth-order valence-electron chi connectivity index (χ4n) is 5.52. The van der Waals surface area contributed by atoms with Crippen molar-refractivity contribution in [3.05, 3.63) is 101 Å². The first-order valence-electron chi connectivity index (χ1n) is 14.9. The van der Waals surface area contributed by atoms with Gasteiger partial charge < -0.3 is 26.0 Å². The van der Waals surface area contributed by atoms with Gasteiger partial charge in [0, 0.05) is 17.0 Å². The van der Waals surface area contributed by atoms with Crippen LogP contribution >= 0.6 is 11.8 Å². The molecule has 4 rings (SSSR count). The van der Waals surface area contributed by atoms with Gasteiger partial charge in [-0.2, -0.15) is 0 Å². The van der Waals surface area contributed by atoms with Crippen molar-refractivity contribution in [1.29, 1.82) is 0 Å². The molecule has 1 fully saturated rings. The Hall–Kier alpha value is -3.82. The van der Waals surface area contributed by atoms with E-state index in [1.54, 1.807) is 0 Å². The number of nitrogens with one attached hydrogen (secondary N) is 3. The van der Waals surface area contributed by atoms with E-state index in [1.807, 2.05) is 99.6 Å². The summed E-state index contributed by atoms with van der Waals surface area (Å²) in [4.78, 5) is 42.3. The lowest BCUT2D eigenvalue weighted by atomic mass is 9.86. The van der Waals surface area contributed by atoms with E-state index in [0.717, 1.165) is 22.3 Å². The van der Waals surface area contributed by atoms with Crippen LogP contribution in [0.5, 0.6) is 0 Å². The largest absolute Gasteiger partial charge is 0.381 e. The molecule has 4 N–H and O–H groups in total. The molecule has 1 aliphatic heterocycles. The molecule has 4 amide bonds. The maximum atomic E-state index is 13.9. The molecule has 0 unspecified atom stereocenters. The standard InChI is InChI=1S/C35H44N4O4S/c1-23-14-10-11-17-25(23)21-36-31(41)30-35(5,6)44-22-39(30)32(42)29(40)28(20-24-15-8-7-9-16-24)38-33(43)37-27-19-13-12-18-26(27)34(2,3)4/h7-19,28-30,40H,20-22H2,1-6H3,(H,36,41)(H2,37,38,43)/t28-,29-,30+/m0/s1. The third kappa shape index (κ3) is 8.01. The van der Waals surface area contributed by atoms with Gasteiger partial charge in [-0.25, -0.2) is 4.79 Å². The van der Waals surface area contributed by atoms with Crippen molar-refractivity contribution in [2.24, 2.45) is 0 Å². The smallest absolute Gasteiger partial charge is 0.319 e. The minimum absolute atomic E-state index is 0.211. The lowest BCUT2D eigenvalue weighted by Gasteiger charge is -2.33. The Bertz CT molecular complexity index is 1470. The van der Waals surface area contributed by atoms with E-state index < -0.39 is 34.9 Å². The second kappa shape index (κ2) is 13.9. The minimum atomic E-state index is -1.58. The molecule has 9 heteroatoms. The second-order valence-corrected chi connectivity index (χ2v) is 14.5. The van der Waals surface area contributed by atoms with E-state index in [9.17, 15) is 19.5 Å². The molecule has 1 heterocycles. The highest BCUT2D eigenvalue weighted by Crippen LogP contribution is 2.40. The first-order chi connectivity index (χ1) is 20.8. The molecule has 3 aromatic carbocycles. The summed E-state index contributed by atoms with van der Waals surface area (Å²) in [6, 6.07) is 22.5. The number of para-hydroxylation sites is 1. The predicted molar refractivity (Wildman–Crippen MR) is 177 cm³/mol. The van der Waals surface area contributed by atoms with Crippen molar-refractivity contribution in [1.82, 2.24) is 15.5 Å². The highest BCUT2D eigenvalue weighted by Gasteiger charge is 2.49. The van der Waals surface area contributed by atoms with Gasteiger partial charge >= 0.3 is 6.03 Å². The summed E-state index contributed by atoms with van der Waals surface area (Å²) in [6.07, 6.45) is -1.36. The van der Waals surface area contributed by atoms with Crippen LogP contribution in [0.25, 0.3) is 0 Å². The molecular weight excluding hydrogens is 572 g/mol. The third-order valence-electron chi connectivity index (χ3n) is 8.02. The maximum absolute atomic E-state index is 13.9. The maximum Gasteiger partial charge on any atom is 0.319 e. The van der Waals surface area contributed by atoms with Crippen molar-refractivity contribution in [3.63, 3.8) is 0 Å². The molecule has 8 nitrogen and oxygen atoms in total. The van der Waals surface area contributed by atoms with Gasteiger partial charge in [-0.3, -0.25) is 9.59 Å². The lowest BCUT2D eigenvalue weighted by molar-refractivity contribution is -0.147. The number of carbonyl (C=O) groups is 3. The number of aryl methyl sites for hydroxylation is 1. The number of urea groups is 1. The van der Waals surface area contributed by atoms with Crippen LogP contribution in [0.3, 0.4) is 0 Å². The van der Waals surface area contributed by atoms with Crippen molar-refractivity contribution >= 4 is 35.3 Å². The highest BCUT2D eigenvalue weighted by molar-refractivity contribution is 8.00. The predicted octanol–water partition coefficient (Wildman–Crippen LogP) is 5.38. The van der Waals surface area contributed by atoms with E-state index in [4.69, 9.17) is 0 Å². The summed E-state index contributed by atoms with van der Waals surface area (Å²) in [5.41, 5.74) is 4.31. The van der Waals surface area contributed by atoms with E-state index in [2.05, 4.69) is 36.7 Å². The van der Waals surface area contributed by atoms with Crippen LogP contribution in [0.1, 0.15) is 56.9 Å². The highest BCUT2D eigenvalue weighted by atomic mass is 32.2. The van der Waals surface area contributed by atoms with Crippen molar-refractivity contribution < 1.29 is 19.5 Å². The lowest BCUT2D eigenvalue weighted by Crippen LogP contribution is -2.59. The van der Waals surface area contributed by atoms with Gasteiger partial charge in [0.25, 0.3) is 5.91 Å². The molecule has 234 valence electrons. The van der Waals surface area contributed by atoms with Crippen molar-refractivity contribution in [2.45, 2.75) is 82.9 Å². The molecule has 0 bridgehead atoms. The number of benzene rings is 3. The van der Waals surface area contributed by atoms with Crippen LogP contribution in [-0.2, 0) is 28.0 Å². The topological polar surface area (TPSA) is 111 Å². The molecule has 1 aliphatic rings. The van der Waals surface area contributed by atoms with E-state index in [-0.39, 0.29) is 23.6 Å². The zero-order valence-corrected chi connectivity index (χ0v) is 27.2. The average Bonchev–Trinajstić information content (AvgIpc) is 3.30. The second-order valence-electron chi connectivity index (χ2n) is 12.9. The van der Waals surface area contributed by atoms with Gasteiger partial charge in [0.1, 0.15) is 6.04 Å². The minimum Gasteiger partial charge on any atom is -0.381 e. The molecule has 0 aromatic heterocycles. The summed E-state index contributed by atoms with van der Waals surface area (Å²) >= 11 is 1.48. The number of anilines is 1. The Balaban J connectivity index is 1.54. The Labute approximate surface area is 265 Å². The van der Waals surface area contributed by atoms with Gasteiger partial charge in [-0.15, -0.1) is 11.8 Å². The van der Waals surface area contributed by atoms with Gasteiger partial charge in [0.15, 0.2) is 6.10 Å². The summed E-state index contributed by atoms with van der Waals surface area (Å²) in [5.74, 6) is -0.641. The number of rotatable bonds is 9. The Morgan fingerprint density at radius 3 is 2.30 bits per heavy atom. The van der Waals surface area contributed by atoms with E-state index >= 15 is 0 Å². The molecule has 3 atom stereocenters. The van der Waals surface area contributed by atoms with Crippen molar-refractivity contribution in [3.8, 4) is 0 Å². The van der Waals surface area contributed by atoms with Crippen molar-refractivity contribution in [2.75, 3.05) is 11.2 Å². The fourth-order valence-corrected chi connectivity index (χ4v) is 6.67. The Kier molecular flexibility index (Phi) is 10.4. The van der Waals surface area contributed by atoms with Crippen LogP contribution < -0.4 is 16.0 Å². The fraction of sp³-hybridized carbons (Fsp3) is 0.400. The molecule has 0 saturated carbocycles. The zero-order chi connectivity index (χ0) is 32.1. The van der Waals surface area contributed by atoms with Crippen LogP contribution in [0, 0.1) is 6.92 Å². The number of aliphatic hydroxyl groups excluding tert-OH is 1. The number of nitrogens with zero attached hydrogens (tertiary/aromatic N) is 1. The van der Waals surface area contributed by atoms with Gasteiger partial charge in [0.2, 0.25) is 5.91 Å². The van der Waals surface area contributed by atoms with Gasteiger partial charge in [-0.1, -0.05) is 93.6 Å². The Morgan fingerprint density at radius 1 is 0.977 bits per heavy atom. The van der Waals surface area contributed by atoms with E-state index in [0.29, 0.717) is 12.2 Å². The molecule has 3 aromatic rings. The number of amides is 4. The van der Waals surface area contributed by atoms with Gasteiger partial charge in [-0.05, 0) is 60.9 Å². The third-order valence-corrected chi connectivity index (χ3v) is 9.40. The summed E-state index contributed by atoms with van der Waals surface area (Å²) in [5, 5.41) is 20.3. The monoisotopic (exact) mass is 616 g/mol. The average molecular weight is 617 g/mol. The zero-order valence-electron chi connectivity index (χ0n) is 26.4. The molecule has 1 saturated heterocycles. The summed E-state index contributed by atoms with van der Waals surface area (Å²) < 4.78 is -0.582.